The van der Waals surface area contributed by atoms with Gasteiger partial charge in [0, 0.05) is 18.5 Å². The molecule has 1 atom stereocenters. The number of rotatable bonds is 4. The van der Waals surface area contributed by atoms with E-state index in [1.54, 1.807) is 6.07 Å². The number of ether oxygens (including phenoxy) is 1. The van der Waals surface area contributed by atoms with E-state index in [0.29, 0.717) is 11.0 Å². The lowest BCUT2D eigenvalue weighted by Crippen LogP contribution is -2.30. The van der Waals surface area contributed by atoms with Gasteiger partial charge < -0.3 is 10.1 Å². The highest BCUT2D eigenvalue weighted by Gasteiger charge is 2.20. The van der Waals surface area contributed by atoms with Crippen LogP contribution >= 0.6 is 0 Å². The molecule has 1 amide bonds. The predicted octanol–water partition coefficient (Wildman–Crippen LogP) is 3.09. The van der Waals surface area contributed by atoms with Gasteiger partial charge in [0.1, 0.15) is 11.6 Å². The number of carbonyl (C=O) groups is 2. The van der Waals surface area contributed by atoms with Gasteiger partial charge in [-0.1, -0.05) is 0 Å². The van der Waals surface area contributed by atoms with Crippen LogP contribution in [0.25, 0.3) is 11.0 Å². The third kappa shape index (κ3) is 3.80. The van der Waals surface area contributed by atoms with Crippen LogP contribution in [0.15, 0.2) is 48.8 Å². The summed E-state index contributed by atoms with van der Waals surface area (Å²) >= 11 is 0. The maximum Gasteiger partial charge on any atom is 0.338 e. The van der Waals surface area contributed by atoms with Crippen LogP contribution in [0.2, 0.25) is 0 Å². The number of aromatic nitrogens is 2. The largest absolute Gasteiger partial charge is 0.449 e. The van der Waals surface area contributed by atoms with Gasteiger partial charge >= 0.3 is 5.97 Å². The lowest BCUT2D eigenvalue weighted by Gasteiger charge is -2.14. The van der Waals surface area contributed by atoms with Crippen molar-refractivity contribution in [3.8, 4) is 0 Å². The lowest BCUT2D eigenvalue weighted by atomic mass is 10.2. The summed E-state index contributed by atoms with van der Waals surface area (Å²) in [5.74, 6) is -3.04. The number of carbonyl (C=O) groups excluding carboxylic acids is 2. The first-order valence-corrected chi connectivity index (χ1v) is 7.62. The molecule has 3 rings (SSSR count). The SMILES string of the molecule is C[C@H](OC(=O)c1ccc2nccnc2c1)C(=O)Nc1cc(F)ccc1F. The van der Waals surface area contributed by atoms with Crippen molar-refractivity contribution in [1.29, 1.82) is 0 Å². The molecule has 6 nitrogen and oxygen atoms in total. The Morgan fingerprint density at radius 3 is 2.54 bits per heavy atom. The first kappa shape index (κ1) is 17.4. The second kappa shape index (κ2) is 7.22. The van der Waals surface area contributed by atoms with E-state index >= 15 is 0 Å². The molecule has 0 saturated carbocycles. The van der Waals surface area contributed by atoms with E-state index in [-0.39, 0.29) is 11.3 Å². The molecule has 1 aromatic heterocycles. The summed E-state index contributed by atoms with van der Waals surface area (Å²) in [4.78, 5) is 32.4. The fraction of sp³-hybridized carbons (Fsp3) is 0.111. The van der Waals surface area contributed by atoms with Crippen molar-refractivity contribution in [2.24, 2.45) is 0 Å². The zero-order valence-corrected chi connectivity index (χ0v) is 13.6. The van der Waals surface area contributed by atoms with Crippen LogP contribution in [0.4, 0.5) is 14.5 Å². The van der Waals surface area contributed by atoms with Gasteiger partial charge in [-0.15, -0.1) is 0 Å². The highest BCUT2D eigenvalue weighted by Crippen LogP contribution is 2.17. The molecule has 0 radical (unpaired) electrons. The fourth-order valence-electron chi connectivity index (χ4n) is 2.20. The Bertz CT molecular complexity index is 994. The van der Waals surface area contributed by atoms with Crippen LogP contribution in [0.5, 0.6) is 0 Å². The number of hydrogen-bond acceptors (Lipinski definition) is 5. The molecule has 1 heterocycles. The maximum atomic E-state index is 13.6. The number of hydrogen-bond donors (Lipinski definition) is 1. The van der Waals surface area contributed by atoms with Crippen molar-refractivity contribution < 1.29 is 23.1 Å². The molecule has 26 heavy (non-hydrogen) atoms. The molecular weight excluding hydrogens is 344 g/mol. The highest BCUT2D eigenvalue weighted by molar-refractivity contribution is 5.98. The Hall–Kier alpha value is -3.42. The van der Waals surface area contributed by atoms with Gasteiger partial charge in [-0.2, -0.15) is 0 Å². The second-order valence-corrected chi connectivity index (χ2v) is 5.42. The van der Waals surface area contributed by atoms with Gasteiger partial charge in [0.05, 0.1) is 22.3 Å². The van der Waals surface area contributed by atoms with Crippen LogP contribution in [0.3, 0.4) is 0 Å². The molecule has 0 aliphatic carbocycles. The molecule has 3 aromatic rings. The van der Waals surface area contributed by atoms with E-state index in [0.717, 1.165) is 18.2 Å². The summed E-state index contributed by atoms with van der Waals surface area (Å²) in [5.41, 5.74) is 0.964. The van der Waals surface area contributed by atoms with Gasteiger partial charge in [0.25, 0.3) is 5.91 Å². The first-order valence-electron chi connectivity index (χ1n) is 7.62. The van der Waals surface area contributed by atoms with Crippen molar-refractivity contribution in [2.45, 2.75) is 13.0 Å². The third-order valence-corrected chi connectivity index (χ3v) is 3.54. The van der Waals surface area contributed by atoms with Crippen LogP contribution in [0, 0.1) is 11.6 Å². The number of fused-ring (bicyclic) bond motifs is 1. The first-order chi connectivity index (χ1) is 12.4. The zero-order valence-electron chi connectivity index (χ0n) is 13.6. The molecule has 0 aliphatic rings. The molecule has 0 spiro atoms. The van der Waals surface area contributed by atoms with E-state index in [9.17, 15) is 18.4 Å². The number of amides is 1. The Morgan fingerprint density at radius 2 is 1.77 bits per heavy atom. The van der Waals surface area contributed by atoms with Crippen LogP contribution in [-0.4, -0.2) is 27.9 Å². The summed E-state index contributed by atoms with van der Waals surface area (Å²) in [6, 6.07) is 7.24. The fourth-order valence-corrected chi connectivity index (χ4v) is 2.20. The molecule has 0 aliphatic heterocycles. The number of benzene rings is 2. The normalized spacial score (nSPS) is 11.8. The molecule has 132 valence electrons. The maximum absolute atomic E-state index is 13.6. The van der Waals surface area contributed by atoms with Crippen molar-refractivity contribution >= 4 is 28.6 Å². The topological polar surface area (TPSA) is 81.2 Å². The third-order valence-electron chi connectivity index (χ3n) is 3.54. The van der Waals surface area contributed by atoms with E-state index in [4.69, 9.17) is 4.74 Å². The minimum absolute atomic E-state index is 0.189. The molecule has 0 fully saturated rings. The second-order valence-electron chi connectivity index (χ2n) is 5.42. The van der Waals surface area contributed by atoms with Crippen molar-refractivity contribution in [2.75, 3.05) is 5.32 Å². The number of nitrogens with zero attached hydrogens (tertiary/aromatic N) is 2. The minimum atomic E-state index is -1.22. The quantitative estimate of drug-likeness (QED) is 0.726. The van der Waals surface area contributed by atoms with E-state index in [2.05, 4.69) is 15.3 Å². The Kier molecular flexibility index (Phi) is 4.83. The van der Waals surface area contributed by atoms with Crippen LogP contribution in [0.1, 0.15) is 17.3 Å². The highest BCUT2D eigenvalue weighted by atomic mass is 19.1. The average molecular weight is 357 g/mol. The molecule has 1 N–H and O–H groups in total. The Labute approximate surface area is 146 Å². The molecule has 2 aromatic carbocycles. The van der Waals surface area contributed by atoms with Crippen LogP contribution < -0.4 is 5.32 Å². The van der Waals surface area contributed by atoms with Gasteiger partial charge in [0.15, 0.2) is 6.10 Å². The molecule has 0 saturated heterocycles. The molecular formula is C18H13F2N3O3. The number of anilines is 1. The van der Waals surface area contributed by atoms with E-state index < -0.39 is 29.6 Å². The van der Waals surface area contributed by atoms with Crippen molar-refractivity contribution in [3.63, 3.8) is 0 Å². The number of esters is 1. The zero-order chi connectivity index (χ0) is 18.7. The Morgan fingerprint density at radius 1 is 1.04 bits per heavy atom. The van der Waals surface area contributed by atoms with E-state index in [1.807, 2.05) is 0 Å². The summed E-state index contributed by atoms with van der Waals surface area (Å²) in [7, 11) is 0. The minimum Gasteiger partial charge on any atom is -0.449 e. The Balaban J connectivity index is 1.69. The van der Waals surface area contributed by atoms with Gasteiger partial charge in [-0.3, -0.25) is 14.8 Å². The summed E-state index contributed by atoms with van der Waals surface area (Å²) in [5, 5.41) is 2.18. The smallest absolute Gasteiger partial charge is 0.338 e. The van der Waals surface area contributed by atoms with Gasteiger partial charge in [-0.25, -0.2) is 13.6 Å². The molecule has 8 heteroatoms. The van der Waals surface area contributed by atoms with E-state index in [1.165, 1.54) is 31.5 Å². The van der Waals surface area contributed by atoms with Crippen molar-refractivity contribution in [3.05, 3.63) is 66.0 Å². The van der Waals surface area contributed by atoms with Gasteiger partial charge in [-0.05, 0) is 37.3 Å². The van der Waals surface area contributed by atoms with Crippen LogP contribution in [-0.2, 0) is 9.53 Å². The van der Waals surface area contributed by atoms with Crippen molar-refractivity contribution in [1.82, 2.24) is 9.97 Å². The number of nitrogens with one attached hydrogen (secondary N) is 1. The predicted molar refractivity (Wildman–Crippen MR) is 89.4 cm³/mol. The summed E-state index contributed by atoms with van der Waals surface area (Å²) < 4.78 is 31.8. The summed E-state index contributed by atoms with van der Waals surface area (Å²) in [6.45, 7) is 1.32. The number of halogens is 2. The average Bonchev–Trinajstić information content (AvgIpc) is 2.64. The lowest BCUT2D eigenvalue weighted by molar-refractivity contribution is -0.123. The summed E-state index contributed by atoms with van der Waals surface area (Å²) in [6.07, 6.45) is 1.79. The molecule has 0 bridgehead atoms. The standard InChI is InChI=1S/C18H13F2N3O3/c1-10(17(24)23-15-9-12(19)3-4-13(15)20)26-18(25)11-2-5-14-16(8-11)22-7-6-21-14/h2-10H,1H3,(H,23,24)/t10-/m0/s1. The monoisotopic (exact) mass is 357 g/mol. The molecule has 0 unspecified atom stereocenters. The van der Waals surface area contributed by atoms with Gasteiger partial charge in [0.2, 0.25) is 0 Å².